The van der Waals surface area contributed by atoms with Crippen molar-refractivity contribution in [1.82, 2.24) is 10.6 Å². The Kier molecular flexibility index (Phi) is 5.89. The number of hydrogen-bond donors (Lipinski definition) is 2. The van der Waals surface area contributed by atoms with Crippen molar-refractivity contribution in [1.29, 1.82) is 0 Å². The van der Waals surface area contributed by atoms with Gasteiger partial charge in [0.2, 0.25) is 11.8 Å². The van der Waals surface area contributed by atoms with Crippen molar-refractivity contribution in [3.8, 4) is 5.75 Å². The van der Waals surface area contributed by atoms with Crippen molar-refractivity contribution in [2.75, 3.05) is 6.61 Å². The van der Waals surface area contributed by atoms with E-state index in [9.17, 15) is 22.8 Å². The molecule has 0 aromatic heterocycles. The molecule has 2 amide bonds. The van der Waals surface area contributed by atoms with Crippen LogP contribution in [0.1, 0.15) is 42.0 Å². The first-order valence-electron chi connectivity index (χ1n) is 10.3. The summed E-state index contributed by atoms with van der Waals surface area (Å²) in [4.78, 5) is 25.2. The molecule has 0 aliphatic carbocycles. The van der Waals surface area contributed by atoms with Crippen LogP contribution >= 0.6 is 0 Å². The van der Waals surface area contributed by atoms with Crippen LogP contribution in [0.25, 0.3) is 0 Å². The highest BCUT2D eigenvalue weighted by atomic mass is 19.4. The van der Waals surface area contributed by atoms with Gasteiger partial charge in [-0.2, -0.15) is 13.2 Å². The summed E-state index contributed by atoms with van der Waals surface area (Å²) in [6.07, 6.45) is -3.22. The number of ether oxygens (including phenoxy) is 1. The summed E-state index contributed by atoms with van der Waals surface area (Å²) in [5.41, 5.74) is 2.69. The average Bonchev–Trinajstić information content (AvgIpc) is 2.77. The number of rotatable bonds is 4. The van der Waals surface area contributed by atoms with Crippen molar-refractivity contribution >= 4 is 11.8 Å². The van der Waals surface area contributed by atoms with Crippen LogP contribution in [0.3, 0.4) is 0 Å². The van der Waals surface area contributed by atoms with E-state index in [1.54, 1.807) is 0 Å². The maximum Gasteiger partial charge on any atom is 0.408 e. The number of carbonyl (C=O) groups excluding carboxylic acids is 2. The smallest absolute Gasteiger partial charge is 0.408 e. The minimum Gasteiger partial charge on any atom is -0.493 e. The Labute approximate surface area is 178 Å². The van der Waals surface area contributed by atoms with Gasteiger partial charge < -0.3 is 15.4 Å². The molecular formula is C23H23F3N2O3. The maximum atomic E-state index is 12.9. The SMILES string of the molecule is O=C(NC(c1ccccc1)c1ccc2c(c1)CCCO2)C1CCC(C(F)(F)F)NC1=O. The van der Waals surface area contributed by atoms with Gasteiger partial charge in [-0.05, 0) is 54.5 Å². The van der Waals surface area contributed by atoms with Gasteiger partial charge >= 0.3 is 6.18 Å². The molecule has 31 heavy (non-hydrogen) atoms. The molecule has 8 heteroatoms. The summed E-state index contributed by atoms with van der Waals surface area (Å²) >= 11 is 0. The lowest BCUT2D eigenvalue weighted by Gasteiger charge is -2.31. The van der Waals surface area contributed by atoms with Crippen LogP contribution in [0.4, 0.5) is 13.2 Å². The molecule has 2 N–H and O–H groups in total. The number of aryl methyl sites for hydroxylation is 1. The molecule has 4 rings (SSSR count). The van der Waals surface area contributed by atoms with Gasteiger partial charge in [-0.1, -0.05) is 36.4 Å². The highest BCUT2D eigenvalue weighted by Crippen LogP contribution is 2.32. The molecule has 1 fully saturated rings. The molecule has 2 heterocycles. The summed E-state index contributed by atoms with van der Waals surface area (Å²) in [6.45, 7) is 0.668. The molecule has 2 aromatic carbocycles. The Morgan fingerprint density at radius 1 is 1.10 bits per heavy atom. The third-order valence-electron chi connectivity index (χ3n) is 5.77. The monoisotopic (exact) mass is 432 g/mol. The van der Waals surface area contributed by atoms with Crippen molar-refractivity contribution in [3.63, 3.8) is 0 Å². The van der Waals surface area contributed by atoms with Crippen LogP contribution in [0.15, 0.2) is 48.5 Å². The highest BCUT2D eigenvalue weighted by Gasteiger charge is 2.46. The zero-order valence-corrected chi connectivity index (χ0v) is 16.7. The average molecular weight is 432 g/mol. The fourth-order valence-electron chi connectivity index (χ4n) is 4.11. The van der Waals surface area contributed by atoms with Crippen molar-refractivity contribution in [3.05, 3.63) is 65.2 Å². The van der Waals surface area contributed by atoms with E-state index in [0.29, 0.717) is 6.61 Å². The molecule has 2 aromatic rings. The molecule has 2 aliphatic heterocycles. The fourth-order valence-corrected chi connectivity index (χ4v) is 4.11. The van der Waals surface area contributed by atoms with Crippen LogP contribution in [-0.2, 0) is 16.0 Å². The molecule has 3 unspecified atom stereocenters. The summed E-state index contributed by atoms with van der Waals surface area (Å²) < 4.78 is 44.4. The van der Waals surface area contributed by atoms with E-state index in [-0.39, 0.29) is 12.8 Å². The second-order valence-corrected chi connectivity index (χ2v) is 7.90. The Morgan fingerprint density at radius 2 is 1.87 bits per heavy atom. The van der Waals surface area contributed by atoms with Gasteiger partial charge in [-0.3, -0.25) is 9.59 Å². The van der Waals surface area contributed by atoms with Gasteiger partial charge in [0.1, 0.15) is 17.7 Å². The Morgan fingerprint density at radius 3 is 2.58 bits per heavy atom. The summed E-state index contributed by atoms with van der Waals surface area (Å²) in [5, 5.41) is 4.83. The minimum atomic E-state index is -4.52. The van der Waals surface area contributed by atoms with Crippen LogP contribution in [0.5, 0.6) is 5.75 Å². The molecule has 0 bridgehead atoms. The first-order valence-corrected chi connectivity index (χ1v) is 10.3. The van der Waals surface area contributed by atoms with Gasteiger partial charge in [-0.25, -0.2) is 0 Å². The van der Waals surface area contributed by atoms with E-state index in [2.05, 4.69) is 5.32 Å². The van der Waals surface area contributed by atoms with Crippen LogP contribution < -0.4 is 15.4 Å². The predicted octanol–water partition coefficient (Wildman–Crippen LogP) is 3.67. The quantitative estimate of drug-likeness (QED) is 0.725. The van der Waals surface area contributed by atoms with Crippen LogP contribution in [0.2, 0.25) is 0 Å². The molecule has 0 radical (unpaired) electrons. The Hall–Kier alpha value is -3.03. The van der Waals surface area contributed by atoms with E-state index in [1.807, 2.05) is 53.8 Å². The number of carbonyl (C=O) groups is 2. The summed E-state index contributed by atoms with van der Waals surface area (Å²) in [6, 6.07) is 12.5. The van der Waals surface area contributed by atoms with Crippen molar-refractivity contribution in [2.24, 2.45) is 5.92 Å². The number of amides is 2. The number of benzene rings is 2. The second kappa shape index (κ2) is 8.61. The van der Waals surface area contributed by atoms with E-state index >= 15 is 0 Å². The molecular weight excluding hydrogens is 409 g/mol. The molecule has 2 aliphatic rings. The molecule has 3 atom stereocenters. The number of piperidine rings is 1. The van der Waals surface area contributed by atoms with Gasteiger partial charge in [0.25, 0.3) is 0 Å². The van der Waals surface area contributed by atoms with Gasteiger partial charge in [0, 0.05) is 0 Å². The van der Waals surface area contributed by atoms with E-state index in [0.717, 1.165) is 35.3 Å². The number of fused-ring (bicyclic) bond motifs is 1. The molecule has 0 saturated carbocycles. The van der Waals surface area contributed by atoms with E-state index in [4.69, 9.17) is 4.74 Å². The van der Waals surface area contributed by atoms with E-state index in [1.165, 1.54) is 0 Å². The third-order valence-corrected chi connectivity index (χ3v) is 5.77. The normalized spacial score (nSPS) is 22.0. The molecule has 164 valence electrons. The standard InChI is InChI=1S/C23H23F3N2O3/c24-23(25,26)19-11-9-17(21(29)27-19)22(30)28-20(14-5-2-1-3-6-14)16-8-10-18-15(13-16)7-4-12-31-18/h1-3,5-6,8,10,13,17,19-20H,4,7,9,11-12H2,(H,27,29)(H,28,30). The molecule has 5 nitrogen and oxygen atoms in total. The van der Waals surface area contributed by atoms with Crippen molar-refractivity contribution in [2.45, 2.75) is 43.9 Å². The topological polar surface area (TPSA) is 67.4 Å². The van der Waals surface area contributed by atoms with E-state index < -0.39 is 36.0 Å². The van der Waals surface area contributed by atoms with Gasteiger partial charge in [0.05, 0.1) is 12.6 Å². The minimum absolute atomic E-state index is 0.151. The Balaban J connectivity index is 1.56. The lowest BCUT2D eigenvalue weighted by atomic mass is 9.91. The lowest BCUT2D eigenvalue weighted by molar-refractivity contribution is -0.171. The highest BCUT2D eigenvalue weighted by molar-refractivity contribution is 6.01. The zero-order valence-electron chi connectivity index (χ0n) is 16.7. The third kappa shape index (κ3) is 4.68. The first kappa shape index (κ1) is 21.2. The van der Waals surface area contributed by atoms with Crippen LogP contribution in [-0.4, -0.2) is 30.6 Å². The number of alkyl halides is 3. The largest absolute Gasteiger partial charge is 0.493 e. The zero-order chi connectivity index (χ0) is 22.0. The fraction of sp³-hybridized carbons (Fsp3) is 0.391. The summed E-state index contributed by atoms with van der Waals surface area (Å²) in [7, 11) is 0. The maximum absolute atomic E-state index is 12.9. The van der Waals surface area contributed by atoms with Crippen LogP contribution in [0, 0.1) is 5.92 Å². The predicted molar refractivity (Wildman–Crippen MR) is 107 cm³/mol. The van der Waals surface area contributed by atoms with Gasteiger partial charge in [-0.15, -0.1) is 0 Å². The number of nitrogens with one attached hydrogen (secondary N) is 2. The lowest BCUT2D eigenvalue weighted by Crippen LogP contribution is -2.54. The first-order chi connectivity index (χ1) is 14.8. The van der Waals surface area contributed by atoms with Crippen molar-refractivity contribution < 1.29 is 27.5 Å². The molecule has 0 spiro atoms. The second-order valence-electron chi connectivity index (χ2n) is 7.90. The molecule has 1 saturated heterocycles. The Bertz CT molecular complexity index is 962. The number of hydrogen-bond acceptors (Lipinski definition) is 3. The number of halogens is 3. The van der Waals surface area contributed by atoms with Gasteiger partial charge in [0.15, 0.2) is 0 Å². The summed E-state index contributed by atoms with van der Waals surface area (Å²) in [5.74, 6) is -1.82.